The first-order valence-corrected chi connectivity index (χ1v) is 8.80. The Bertz CT molecular complexity index is 656. The van der Waals surface area contributed by atoms with Crippen molar-refractivity contribution in [3.05, 3.63) is 29.8 Å². The van der Waals surface area contributed by atoms with Crippen molar-refractivity contribution in [2.24, 2.45) is 5.92 Å². The van der Waals surface area contributed by atoms with Crippen LogP contribution < -0.4 is 10.6 Å². The number of phenols is 1. The van der Waals surface area contributed by atoms with Gasteiger partial charge in [0.25, 0.3) is 5.91 Å². The number of ketones is 1. The molecule has 1 aromatic carbocycles. The average molecular weight is 362 g/mol. The maximum absolute atomic E-state index is 12.4. The summed E-state index contributed by atoms with van der Waals surface area (Å²) in [7, 11) is 0. The molecule has 3 atom stereocenters. The highest BCUT2D eigenvalue weighted by Crippen LogP contribution is 2.23. The molecule has 142 valence electrons. The van der Waals surface area contributed by atoms with Gasteiger partial charge in [0.2, 0.25) is 5.91 Å². The zero-order valence-electron chi connectivity index (χ0n) is 15.3. The Labute approximate surface area is 153 Å². The van der Waals surface area contributed by atoms with Gasteiger partial charge in [0.1, 0.15) is 11.8 Å². The van der Waals surface area contributed by atoms with Crippen LogP contribution in [0.15, 0.2) is 24.3 Å². The van der Waals surface area contributed by atoms with Crippen LogP contribution in [0.3, 0.4) is 0 Å². The number of benzene rings is 1. The Hall–Kier alpha value is -2.41. The molecule has 0 spiro atoms. The van der Waals surface area contributed by atoms with E-state index < -0.39 is 24.2 Å². The van der Waals surface area contributed by atoms with Crippen molar-refractivity contribution in [1.29, 1.82) is 0 Å². The maximum atomic E-state index is 12.4. The zero-order valence-corrected chi connectivity index (χ0v) is 15.3. The first kappa shape index (κ1) is 19.9. The van der Waals surface area contributed by atoms with Gasteiger partial charge in [-0.15, -0.1) is 0 Å². The van der Waals surface area contributed by atoms with Crippen molar-refractivity contribution in [3.8, 4) is 5.75 Å². The van der Waals surface area contributed by atoms with Gasteiger partial charge < -0.3 is 20.5 Å². The Morgan fingerprint density at radius 2 is 1.81 bits per heavy atom. The molecule has 0 radical (unpaired) electrons. The monoisotopic (exact) mass is 362 g/mol. The van der Waals surface area contributed by atoms with Crippen molar-refractivity contribution >= 4 is 17.6 Å². The molecule has 1 aliphatic rings. The molecule has 7 nitrogen and oxygen atoms in total. The smallest absolute Gasteiger partial charge is 0.253 e. The fourth-order valence-electron chi connectivity index (χ4n) is 2.69. The van der Waals surface area contributed by atoms with Crippen molar-refractivity contribution in [2.45, 2.75) is 51.9 Å². The van der Waals surface area contributed by atoms with Crippen molar-refractivity contribution < 1.29 is 24.2 Å². The van der Waals surface area contributed by atoms with E-state index >= 15 is 0 Å². The summed E-state index contributed by atoms with van der Waals surface area (Å²) in [6, 6.07) is 6.11. The van der Waals surface area contributed by atoms with Crippen LogP contribution in [0.5, 0.6) is 5.75 Å². The molecule has 3 N–H and O–H groups in total. The topological polar surface area (TPSA) is 108 Å². The lowest BCUT2D eigenvalue weighted by Gasteiger charge is -2.20. The summed E-state index contributed by atoms with van der Waals surface area (Å²) in [6.07, 6.45) is -0.361. The molecule has 7 heteroatoms. The highest BCUT2D eigenvalue weighted by Gasteiger charge is 2.49. The van der Waals surface area contributed by atoms with Gasteiger partial charge in [0, 0.05) is 6.54 Å². The third kappa shape index (κ3) is 5.84. The normalized spacial score (nSPS) is 19.7. The van der Waals surface area contributed by atoms with E-state index in [4.69, 9.17) is 4.74 Å². The van der Waals surface area contributed by atoms with Crippen LogP contribution in [0.2, 0.25) is 0 Å². The zero-order chi connectivity index (χ0) is 19.3. The Morgan fingerprint density at radius 1 is 1.15 bits per heavy atom. The molecule has 0 aliphatic carbocycles. The molecule has 26 heavy (non-hydrogen) atoms. The number of amides is 2. The molecular weight excluding hydrogens is 336 g/mol. The number of epoxide rings is 1. The van der Waals surface area contributed by atoms with E-state index in [1.807, 2.05) is 13.8 Å². The fourth-order valence-corrected chi connectivity index (χ4v) is 2.69. The summed E-state index contributed by atoms with van der Waals surface area (Å²) in [4.78, 5) is 35.8. The minimum Gasteiger partial charge on any atom is -0.508 e. The number of hydrogen-bond acceptors (Lipinski definition) is 5. The van der Waals surface area contributed by atoms with Gasteiger partial charge in [-0.2, -0.15) is 0 Å². The molecular formula is C19H26N2O5. The van der Waals surface area contributed by atoms with Crippen LogP contribution in [-0.4, -0.2) is 47.5 Å². The Morgan fingerprint density at radius 3 is 2.35 bits per heavy atom. The minimum atomic E-state index is -0.785. The lowest BCUT2D eigenvalue weighted by atomic mass is 10.0. The number of hydrogen-bond donors (Lipinski definition) is 3. The number of carbonyl (C=O) groups is 3. The van der Waals surface area contributed by atoms with Crippen molar-refractivity contribution in [2.75, 3.05) is 6.54 Å². The molecule has 1 fully saturated rings. The molecule has 1 unspecified atom stereocenters. The number of carbonyl (C=O) groups excluding carboxylic acids is 3. The molecule has 2 amide bonds. The van der Waals surface area contributed by atoms with Crippen LogP contribution in [0.25, 0.3) is 0 Å². The van der Waals surface area contributed by atoms with Gasteiger partial charge in [-0.1, -0.05) is 26.0 Å². The number of rotatable bonds is 9. The minimum absolute atomic E-state index is 0.191. The van der Waals surface area contributed by atoms with E-state index in [-0.39, 0.29) is 23.4 Å². The van der Waals surface area contributed by atoms with Gasteiger partial charge in [0.05, 0.1) is 0 Å². The van der Waals surface area contributed by atoms with Gasteiger partial charge in [-0.3, -0.25) is 14.4 Å². The third-order valence-corrected chi connectivity index (χ3v) is 4.14. The predicted molar refractivity (Wildman–Crippen MR) is 95.5 cm³/mol. The van der Waals surface area contributed by atoms with Crippen LogP contribution in [0.4, 0.5) is 0 Å². The lowest BCUT2D eigenvalue weighted by Crippen LogP contribution is -2.49. The second-order valence-corrected chi connectivity index (χ2v) is 6.99. The van der Waals surface area contributed by atoms with Crippen LogP contribution in [0, 0.1) is 5.92 Å². The summed E-state index contributed by atoms with van der Waals surface area (Å²) in [5.41, 5.74) is 0.989. The van der Waals surface area contributed by atoms with Gasteiger partial charge >= 0.3 is 0 Å². The largest absolute Gasteiger partial charge is 0.508 e. The molecule has 1 saturated heterocycles. The van der Waals surface area contributed by atoms with Crippen molar-refractivity contribution in [3.63, 3.8) is 0 Å². The number of ether oxygens (including phenoxy) is 1. The summed E-state index contributed by atoms with van der Waals surface area (Å²) in [6.45, 7) is 5.73. The highest BCUT2D eigenvalue weighted by molar-refractivity contribution is 5.97. The predicted octanol–water partition coefficient (Wildman–Crippen LogP) is 0.938. The van der Waals surface area contributed by atoms with E-state index in [0.29, 0.717) is 19.4 Å². The van der Waals surface area contributed by atoms with Gasteiger partial charge in [-0.25, -0.2) is 0 Å². The van der Waals surface area contributed by atoms with E-state index in [0.717, 1.165) is 5.56 Å². The van der Waals surface area contributed by atoms with Crippen molar-refractivity contribution in [1.82, 2.24) is 10.6 Å². The number of nitrogens with one attached hydrogen (secondary N) is 2. The number of aromatic hydroxyl groups is 1. The van der Waals surface area contributed by atoms with Crippen LogP contribution in [-0.2, 0) is 25.5 Å². The van der Waals surface area contributed by atoms with E-state index in [1.54, 1.807) is 24.3 Å². The fraction of sp³-hybridized carbons (Fsp3) is 0.526. The van der Waals surface area contributed by atoms with E-state index in [1.165, 1.54) is 6.92 Å². The quantitative estimate of drug-likeness (QED) is 0.567. The Kier molecular flexibility index (Phi) is 6.74. The summed E-state index contributed by atoms with van der Waals surface area (Å²) >= 11 is 0. The number of Topliss-reactive ketones (excluding diaryl/α,β-unsaturated/α-hetero) is 1. The second kappa shape index (κ2) is 8.80. The summed E-state index contributed by atoms with van der Waals surface area (Å²) in [5, 5.41) is 14.8. The van der Waals surface area contributed by atoms with E-state index in [2.05, 4.69) is 10.6 Å². The first-order valence-electron chi connectivity index (χ1n) is 8.80. The molecule has 0 aromatic heterocycles. The standard InChI is InChI=1S/C19H26N2O5/c1-11(2)10-15(21-19(25)17-16(26-17)12(3)22)18(24)20-9-8-13-4-6-14(23)7-5-13/h4-7,11,15-17,23H,8-10H2,1-3H3,(H,20,24)(H,21,25)/t15-,16+,17?/m0/s1. The molecule has 0 bridgehead atoms. The summed E-state index contributed by atoms with van der Waals surface area (Å²) < 4.78 is 5.06. The van der Waals surface area contributed by atoms with E-state index in [9.17, 15) is 19.5 Å². The van der Waals surface area contributed by atoms with Gasteiger partial charge in [0.15, 0.2) is 18.0 Å². The number of phenolic OH excluding ortho intramolecular Hbond substituents is 1. The summed E-state index contributed by atoms with van der Waals surface area (Å²) in [5.74, 6) is -0.463. The average Bonchev–Trinajstić information content (AvgIpc) is 3.36. The van der Waals surface area contributed by atoms with Crippen LogP contribution in [0.1, 0.15) is 32.8 Å². The molecule has 1 aliphatic heterocycles. The maximum Gasteiger partial charge on any atom is 0.253 e. The molecule has 1 aromatic rings. The first-order chi connectivity index (χ1) is 12.3. The van der Waals surface area contributed by atoms with Gasteiger partial charge in [-0.05, 0) is 43.4 Å². The lowest BCUT2D eigenvalue weighted by molar-refractivity contribution is -0.130. The molecule has 0 saturated carbocycles. The highest BCUT2D eigenvalue weighted by atomic mass is 16.6. The van der Waals surface area contributed by atoms with Crippen LogP contribution >= 0.6 is 0 Å². The molecule has 1 heterocycles. The SMILES string of the molecule is CC(=O)[C@H]1OC1C(=O)N[C@@H](CC(C)C)C(=O)NCCc1ccc(O)cc1. The Balaban J connectivity index is 1.84. The second-order valence-electron chi connectivity index (χ2n) is 6.99. The molecule has 2 rings (SSSR count). The third-order valence-electron chi connectivity index (χ3n) is 4.14.